The normalized spacial score (nSPS) is 10.9. The molecule has 80 valence electrons. The highest BCUT2D eigenvalue weighted by molar-refractivity contribution is 14.1. The molecule has 1 heterocycles. The lowest BCUT2D eigenvalue weighted by molar-refractivity contribution is 0.0696. The lowest BCUT2D eigenvalue weighted by atomic mass is 10.1. The van der Waals surface area contributed by atoms with Crippen LogP contribution in [0.4, 0.5) is 0 Å². The summed E-state index contributed by atoms with van der Waals surface area (Å²) in [5.74, 6) is -1.06. The molecule has 0 aliphatic carbocycles. The zero-order valence-corrected chi connectivity index (χ0v) is 10.1. The SMILES string of the molecule is CN=Cc1c(C(=O)O)cc(CO)nc1I. The van der Waals surface area contributed by atoms with E-state index in [4.69, 9.17) is 10.2 Å². The van der Waals surface area contributed by atoms with E-state index < -0.39 is 5.97 Å². The molecule has 0 aromatic carbocycles. The minimum Gasteiger partial charge on any atom is -0.478 e. The van der Waals surface area contributed by atoms with Gasteiger partial charge in [0.05, 0.1) is 17.9 Å². The third kappa shape index (κ3) is 2.72. The Labute approximate surface area is 100 Å². The second-order valence-corrected chi connectivity index (χ2v) is 3.74. The first-order valence-corrected chi connectivity index (χ1v) is 5.13. The number of carboxylic acids is 1. The Kier molecular flexibility index (Phi) is 4.15. The fourth-order valence-electron chi connectivity index (χ4n) is 1.08. The van der Waals surface area contributed by atoms with Crippen molar-refractivity contribution in [3.8, 4) is 0 Å². The number of halogens is 1. The molecule has 0 radical (unpaired) electrons. The van der Waals surface area contributed by atoms with Gasteiger partial charge in [0.15, 0.2) is 0 Å². The van der Waals surface area contributed by atoms with Gasteiger partial charge in [0.2, 0.25) is 0 Å². The maximum atomic E-state index is 10.9. The molecule has 0 fully saturated rings. The molecule has 0 saturated carbocycles. The number of aliphatic hydroxyl groups excluding tert-OH is 1. The van der Waals surface area contributed by atoms with E-state index in [1.54, 1.807) is 7.05 Å². The molecule has 15 heavy (non-hydrogen) atoms. The number of hydrogen-bond acceptors (Lipinski definition) is 4. The maximum absolute atomic E-state index is 10.9. The molecule has 6 heteroatoms. The van der Waals surface area contributed by atoms with Crippen LogP contribution in [0.3, 0.4) is 0 Å². The van der Waals surface area contributed by atoms with Crippen molar-refractivity contribution in [2.45, 2.75) is 6.61 Å². The number of nitrogens with zero attached hydrogens (tertiary/aromatic N) is 2. The molecule has 1 aromatic heterocycles. The molecule has 1 aromatic rings. The second-order valence-electron chi connectivity index (χ2n) is 2.72. The van der Waals surface area contributed by atoms with Crippen molar-refractivity contribution in [1.82, 2.24) is 4.98 Å². The van der Waals surface area contributed by atoms with Crippen molar-refractivity contribution in [2.24, 2.45) is 4.99 Å². The summed E-state index contributed by atoms with van der Waals surface area (Å²) in [4.78, 5) is 18.7. The maximum Gasteiger partial charge on any atom is 0.336 e. The number of aliphatic hydroxyl groups is 1. The van der Waals surface area contributed by atoms with Crippen LogP contribution in [0.5, 0.6) is 0 Å². The highest BCUT2D eigenvalue weighted by Gasteiger charge is 2.14. The van der Waals surface area contributed by atoms with Crippen LogP contribution in [-0.4, -0.2) is 34.4 Å². The van der Waals surface area contributed by atoms with Gasteiger partial charge in [-0.2, -0.15) is 0 Å². The van der Waals surface area contributed by atoms with Gasteiger partial charge in [-0.05, 0) is 28.7 Å². The first-order valence-electron chi connectivity index (χ1n) is 4.06. The van der Waals surface area contributed by atoms with Gasteiger partial charge < -0.3 is 10.2 Å². The third-order valence-electron chi connectivity index (χ3n) is 1.72. The van der Waals surface area contributed by atoms with Gasteiger partial charge in [-0.3, -0.25) is 4.99 Å². The number of rotatable bonds is 3. The monoisotopic (exact) mass is 320 g/mol. The van der Waals surface area contributed by atoms with E-state index in [9.17, 15) is 4.79 Å². The van der Waals surface area contributed by atoms with E-state index >= 15 is 0 Å². The lowest BCUT2D eigenvalue weighted by Gasteiger charge is -2.05. The molecule has 0 spiro atoms. The van der Waals surface area contributed by atoms with E-state index in [1.807, 2.05) is 22.6 Å². The van der Waals surface area contributed by atoms with Gasteiger partial charge in [0, 0.05) is 18.8 Å². The average Bonchev–Trinajstić information content (AvgIpc) is 2.20. The molecule has 0 aliphatic heterocycles. The summed E-state index contributed by atoms with van der Waals surface area (Å²) < 4.78 is 0.516. The number of carbonyl (C=O) groups is 1. The summed E-state index contributed by atoms with van der Waals surface area (Å²) in [5.41, 5.74) is 0.900. The van der Waals surface area contributed by atoms with Crippen molar-refractivity contribution in [3.63, 3.8) is 0 Å². The fraction of sp³-hybridized carbons (Fsp3) is 0.222. The van der Waals surface area contributed by atoms with Crippen LogP contribution >= 0.6 is 22.6 Å². The van der Waals surface area contributed by atoms with Crippen LogP contribution in [0.1, 0.15) is 21.6 Å². The second kappa shape index (κ2) is 5.17. The summed E-state index contributed by atoms with van der Waals surface area (Å²) in [6.45, 7) is -0.278. The minimum atomic E-state index is -1.06. The Morgan fingerprint density at radius 1 is 1.73 bits per heavy atom. The summed E-state index contributed by atoms with van der Waals surface area (Å²) in [6.07, 6.45) is 1.44. The van der Waals surface area contributed by atoms with Crippen LogP contribution in [-0.2, 0) is 6.61 Å². The van der Waals surface area contributed by atoms with Crippen LogP contribution in [0.25, 0.3) is 0 Å². The number of hydrogen-bond donors (Lipinski definition) is 2. The van der Waals surface area contributed by atoms with Crippen LogP contribution in [0, 0.1) is 3.70 Å². The summed E-state index contributed by atoms with van der Waals surface area (Å²) >= 11 is 1.91. The minimum absolute atomic E-state index is 0.101. The van der Waals surface area contributed by atoms with Crippen molar-refractivity contribution in [2.75, 3.05) is 7.05 Å². The smallest absolute Gasteiger partial charge is 0.336 e. The largest absolute Gasteiger partial charge is 0.478 e. The summed E-state index contributed by atoms with van der Waals surface area (Å²) in [7, 11) is 1.56. The molecule has 0 saturated heterocycles. The number of aromatic carboxylic acids is 1. The Balaban J connectivity index is 3.42. The first-order chi connectivity index (χ1) is 7.10. The molecular weight excluding hydrogens is 311 g/mol. The fourth-order valence-corrected chi connectivity index (χ4v) is 1.82. The van der Waals surface area contributed by atoms with Crippen LogP contribution in [0.2, 0.25) is 0 Å². The average molecular weight is 320 g/mol. The number of aromatic nitrogens is 1. The lowest BCUT2D eigenvalue weighted by Crippen LogP contribution is -2.08. The number of aliphatic imine (C=N–C) groups is 1. The Bertz CT molecular complexity index is 418. The van der Waals surface area contributed by atoms with E-state index in [0.29, 0.717) is 15.0 Å². The zero-order chi connectivity index (χ0) is 11.4. The van der Waals surface area contributed by atoms with Crippen LogP contribution in [0.15, 0.2) is 11.1 Å². The Morgan fingerprint density at radius 2 is 2.40 bits per heavy atom. The molecule has 1 rings (SSSR count). The number of pyridine rings is 1. The van der Waals surface area contributed by atoms with Gasteiger partial charge in [-0.15, -0.1) is 0 Å². The molecule has 2 N–H and O–H groups in total. The highest BCUT2D eigenvalue weighted by Crippen LogP contribution is 2.15. The van der Waals surface area contributed by atoms with Crippen molar-refractivity contribution < 1.29 is 15.0 Å². The van der Waals surface area contributed by atoms with E-state index in [2.05, 4.69) is 9.98 Å². The topological polar surface area (TPSA) is 82.8 Å². The number of carboxylic acid groups (broad SMARTS) is 1. The summed E-state index contributed by atoms with van der Waals surface area (Å²) in [6, 6.07) is 1.35. The molecule has 0 bridgehead atoms. The predicted molar refractivity (Wildman–Crippen MR) is 63.4 cm³/mol. The Hall–Kier alpha value is -1.02. The van der Waals surface area contributed by atoms with Gasteiger partial charge >= 0.3 is 5.97 Å². The first kappa shape index (κ1) is 12.1. The van der Waals surface area contributed by atoms with E-state index in [1.165, 1.54) is 12.3 Å². The van der Waals surface area contributed by atoms with Gasteiger partial charge in [-0.25, -0.2) is 9.78 Å². The highest BCUT2D eigenvalue weighted by atomic mass is 127. The third-order valence-corrected chi connectivity index (χ3v) is 2.54. The molecule has 0 aliphatic rings. The van der Waals surface area contributed by atoms with Gasteiger partial charge in [0.25, 0.3) is 0 Å². The molecule has 0 atom stereocenters. The molecule has 0 unspecified atom stereocenters. The van der Waals surface area contributed by atoms with E-state index in [0.717, 1.165) is 0 Å². The quantitative estimate of drug-likeness (QED) is 0.493. The van der Waals surface area contributed by atoms with Gasteiger partial charge in [-0.1, -0.05) is 0 Å². The molecule has 5 nitrogen and oxygen atoms in total. The van der Waals surface area contributed by atoms with Crippen molar-refractivity contribution in [1.29, 1.82) is 0 Å². The zero-order valence-electron chi connectivity index (χ0n) is 7.94. The predicted octanol–water partition coefficient (Wildman–Crippen LogP) is 0.925. The molecule has 0 amide bonds. The Morgan fingerprint density at radius 3 is 2.87 bits per heavy atom. The summed E-state index contributed by atoms with van der Waals surface area (Å²) in [5, 5.41) is 17.9. The van der Waals surface area contributed by atoms with Crippen molar-refractivity contribution >= 4 is 34.8 Å². The van der Waals surface area contributed by atoms with E-state index in [-0.39, 0.29) is 12.2 Å². The molecular formula is C9H9IN2O3. The van der Waals surface area contributed by atoms with Gasteiger partial charge in [0.1, 0.15) is 3.70 Å². The standard InChI is InChI=1S/C9H9IN2O3/c1-11-3-7-6(9(14)15)2-5(4-13)12-8(7)10/h2-3,13H,4H2,1H3,(H,14,15). The van der Waals surface area contributed by atoms with Crippen molar-refractivity contribution in [3.05, 3.63) is 26.6 Å². The van der Waals surface area contributed by atoms with Crippen LogP contribution < -0.4 is 0 Å².